The van der Waals surface area contributed by atoms with Crippen LogP contribution in [0.4, 0.5) is 17.5 Å². The molecule has 0 saturated carbocycles. The fourth-order valence-electron chi connectivity index (χ4n) is 1.64. The highest BCUT2D eigenvalue weighted by Crippen LogP contribution is 2.26. The van der Waals surface area contributed by atoms with Crippen LogP contribution in [0.15, 0.2) is 0 Å². The molecule has 0 fully saturated rings. The Labute approximate surface area is 110 Å². The minimum Gasteiger partial charge on any atom is -0.368 e. The van der Waals surface area contributed by atoms with Crippen LogP contribution in [0.25, 0.3) is 0 Å². The van der Waals surface area contributed by atoms with Gasteiger partial charge < -0.3 is 11.1 Å². The number of nitro groups is 1. The van der Waals surface area contributed by atoms with Gasteiger partial charge in [-0.3, -0.25) is 10.1 Å². The highest BCUT2D eigenvalue weighted by Gasteiger charge is 2.23. The molecule has 0 saturated heterocycles. The second-order valence-electron chi connectivity index (χ2n) is 4.26. The Morgan fingerprint density at radius 3 is 2.53 bits per heavy atom. The van der Waals surface area contributed by atoms with Crippen molar-refractivity contribution in [2.24, 2.45) is 0 Å². The van der Waals surface area contributed by atoms with Gasteiger partial charge in [0, 0.05) is 12.3 Å². The standard InChI is InChI=1S/C9H15N5O4S/c1-5(4-19(3,17)18)11-8-7(14(15)16)6(2)12-9(10)13-8/h5H,4H2,1-3H3,(H3,10,11,12,13). The molecular formula is C9H15N5O4S. The first-order chi connectivity index (χ1) is 8.60. The number of nitrogens with zero attached hydrogens (tertiary/aromatic N) is 3. The van der Waals surface area contributed by atoms with Crippen LogP contribution in [0.1, 0.15) is 12.6 Å². The van der Waals surface area contributed by atoms with Crippen molar-refractivity contribution in [2.75, 3.05) is 23.1 Å². The van der Waals surface area contributed by atoms with Crippen molar-refractivity contribution in [1.82, 2.24) is 9.97 Å². The van der Waals surface area contributed by atoms with Gasteiger partial charge in [0.15, 0.2) is 0 Å². The fraction of sp³-hybridized carbons (Fsp3) is 0.556. The van der Waals surface area contributed by atoms with Crippen molar-refractivity contribution in [3.63, 3.8) is 0 Å². The van der Waals surface area contributed by atoms with E-state index < -0.39 is 20.8 Å². The van der Waals surface area contributed by atoms with Gasteiger partial charge in [0.1, 0.15) is 15.5 Å². The van der Waals surface area contributed by atoms with E-state index in [-0.39, 0.29) is 28.9 Å². The number of anilines is 2. The zero-order chi connectivity index (χ0) is 14.8. The molecule has 0 amide bonds. The number of sulfone groups is 1. The number of rotatable bonds is 5. The van der Waals surface area contributed by atoms with E-state index in [1.165, 1.54) is 6.92 Å². The van der Waals surface area contributed by atoms with Crippen molar-refractivity contribution < 1.29 is 13.3 Å². The van der Waals surface area contributed by atoms with E-state index in [9.17, 15) is 18.5 Å². The van der Waals surface area contributed by atoms with Gasteiger partial charge in [-0.1, -0.05) is 0 Å². The van der Waals surface area contributed by atoms with Crippen LogP contribution in [0.2, 0.25) is 0 Å². The van der Waals surface area contributed by atoms with Crippen LogP contribution in [0.3, 0.4) is 0 Å². The van der Waals surface area contributed by atoms with Gasteiger partial charge in [0.25, 0.3) is 0 Å². The SMILES string of the molecule is Cc1nc(N)nc(NC(C)CS(C)(=O)=O)c1[N+](=O)[O-]. The summed E-state index contributed by atoms with van der Waals surface area (Å²) in [5, 5.41) is 13.6. The maximum atomic E-state index is 11.2. The molecule has 0 aromatic carbocycles. The van der Waals surface area contributed by atoms with Gasteiger partial charge in [-0.05, 0) is 13.8 Å². The Morgan fingerprint density at radius 1 is 1.47 bits per heavy atom. The van der Waals surface area contributed by atoms with E-state index >= 15 is 0 Å². The molecule has 0 spiro atoms. The lowest BCUT2D eigenvalue weighted by Crippen LogP contribution is -2.26. The third kappa shape index (κ3) is 4.32. The average Bonchev–Trinajstić information content (AvgIpc) is 2.10. The van der Waals surface area contributed by atoms with E-state index in [1.807, 2.05) is 0 Å². The minimum atomic E-state index is -3.20. The normalized spacial score (nSPS) is 13.0. The summed E-state index contributed by atoms with van der Waals surface area (Å²) in [7, 11) is -3.20. The van der Waals surface area contributed by atoms with E-state index in [4.69, 9.17) is 5.73 Å². The molecule has 1 rings (SSSR count). The molecule has 1 atom stereocenters. The number of hydrogen-bond acceptors (Lipinski definition) is 8. The zero-order valence-electron chi connectivity index (χ0n) is 10.7. The summed E-state index contributed by atoms with van der Waals surface area (Å²) in [6.07, 6.45) is 1.08. The predicted molar refractivity (Wildman–Crippen MR) is 70.6 cm³/mol. The van der Waals surface area contributed by atoms with E-state index in [0.29, 0.717) is 0 Å². The first-order valence-corrected chi connectivity index (χ1v) is 7.39. The van der Waals surface area contributed by atoms with Gasteiger partial charge in [-0.25, -0.2) is 13.4 Å². The molecule has 0 aliphatic carbocycles. The molecular weight excluding hydrogens is 274 g/mol. The number of aromatic nitrogens is 2. The predicted octanol–water partition coefficient (Wildman–Crippen LogP) is 0.120. The molecule has 1 heterocycles. The largest absolute Gasteiger partial charge is 0.368 e. The van der Waals surface area contributed by atoms with Gasteiger partial charge in [-0.2, -0.15) is 4.98 Å². The molecule has 0 aliphatic rings. The van der Waals surface area contributed by atoms with E-state index in [2.05, 4.69) is 15.3 Å². The number of nitrogens with one attached hydrogen (secondary N) is 1. The quantitative estimate of drug-likeness (QED) is 0.575. The van der Waals surface area contributed by atoms with Crippen molar-refractivity contribution in [1.29, 1.82) is 0 Å². The van der Waals surface area contributed by atoms with Crippen molar-refractivity contribution in [3.05, 3.63) is 15.8 Å². The van der Waals surface area contributed by atoms with Crippen LogP contribution in [0.5, 0.6) is 0 Å². The monoisotopic (exact) mass is 289 g/mol. The second-order valence-corrected chi connectivity index (χ2v) is 6.44. The number of hydrogen-bond donors (Lipinski definition) is 2. The molecule has 9 nitrogen and oxygen atoms in total. The summed E-state index contributed by atoms with van der Waals surface area (Å²) in [6, 6.07) is -0.539. The van der Waals surface area contributed by atoms with Crippen LogP contribution < -0.4 is 11.1 Å². The van der Waals surface area contributed by atoms with E-state index in [1.54, 1.807) is 6.92 Å². The summed E-state index contributed by atoms with van der Waals surface area (Å²) < 4.78 is 22.3. The topological polar surface area (TPSA) is 141 Å². The molecule has 106 valence electrons. The maximum absolute atomic E-state index is 11.2. The lowest BCUT2D eigenvalue weighted by atomic mass is 10.3. The first kappa shape index (κ1) is 15.1. The summed E-state index contributed by atoms with van der Waals surface area (Å²) >= 11 is 0. The third-order valence-electron chi connectivity index (χ3n) is 2.19. The number of nitrogen functional groups attached to an aromatic ring is 1. The third-order valence-corrected chi connectivity index (χ3v) is 3.30. The fourth-order valence-corrected chi connectivity index (χ4v) is 2.63. The highest BCUT2D eigenvalue weighted by molar-refractivity contribution is 7.90. The highest BCUT2D eigenvalue weighted by atomic mass is 32.2. The molecule has 19 heavy (non-hydrogen) atoms. The first-order valence-electron chi connectivity index (χ1n) is 5.33. The van der Waals surface area contributed by atoms with Crippen LogP contribution in [-0.4, -0.2) is 41.4 Å². The minimum absolute atomic E-state index is 0.0776. The van der Waals surface area contributed by atoms with Crippen molar-refractivity contribution in [3.8, 4) is 0 Å². The smallest absolute Gasteiger partial charge is 0.332 e. The van der Waals surface area contributed by atoms with Crippen molar-refractivity contribution >= 4 is 27.3 Å². The molecule has 1 aromatic rings. The summed E-state index contributed by atoms with van der Waals surface area (Å²) in [5.41, 5.74) is 5.23. The molecule has 0 radical (unpaired) electrons. The van der Waals surface area contributed by atoms with Gasteiger partial charge in [0.2, 0.25) is 11.8 Å². The molecule has 0 bridgehead atoms. The molecule has 0 aliphatic heterocycles. The van der Waals surface area contributed by atoms with Crippen LogP contribution in [-0.2, 0) is 9.84 Å². The van der Waals surface area contributed by atoms with Crippen LogP contribution in [0, 0.1) is 17.0 Å². The Morgan fingerprint density at radius 2 is 2.05 bits per heavy atom. The lowest BCUT2D eigenvalue weighted by Gasteiger charge is -2.14. The second kappa shape index (κ2) is 5.34. The summed E-state index contributed by atoms with van der Waals surface area (Å²) in [6.45, 7) is 3.01. The van der Waals surface area contributed by atoms with Crippen LogP contribution >= 0.6 is 0 Å². The molecule has 1 unspecified atom stereocenters. The Balaban J connectivity index is 3.10. The average molecular weight is 289 g/mol. The Kier molecular flexibility index (Phi) is 4.24. The molecule has 10 heteroatoms. The lowest BCUT2D eigenvalue weighted by molar-refractivity contribution is -0.385. The Hall–Kier alpha value is -1.97. The van der Waals surface area contributed by atoms with E-state index in [0.717, 1.165) is 6.26 Å². The Bertz CT molecular complexity index is 601. The summed E-state index contributed by atoms with van der Waals surface area (Å²) in [4.78, 5) is 17.8. The maximum Gasteiger partial charge on any atom is 0.332 e. The number of nitrogens with two attached hydrogens (primary N) is 1. The molecule has 1 aromatic heterocycles. The van der Waals surface area contributed by atoms with Gasteiger partial charge in [0.05, 0.1) is 10.7 Å². The van der Waals surface area contributed by atoms with Gasteiger partial charge in [-0.15, -0.1) is 0 Å². The number of aryl methyl sites for hydroxylation is 1. The van der Waals surface area contributed by atoms with Crippen molar-refractivity contribution in [2.45, 2.75) is 19.9 Å². The van der Waals surface area contributed by atoms with Gasteiger partial charge >= 0.3 is 5.69 Å². The zero-order valence-corrected chi connectivity index (χ0v) is 11.6. The summed E-state index contributed by atoms with van der Waals surface area (Å²) in [5.74, 6) is -0.365. The molecule has 3 N–H and O–H groups in total.